The lowest BCUT2D eigenvalue weighted by molar-refractivity contribution is -0.142. The molecular formula is C16H32O5. The number of aliphatic hydroxyl groups is 2. The van der Waals surface area contributed by atoms with Crippen LogP contribution < -0.4 is 0 Å². The maximum absolute atomic E-state index is 8.30. The van der Waals surface area contributed by atoms with Crippen LogP contribution in [0.3, 0.4) is 0 Å². The Morgan fingerprint density at radius 1 is 0.810 bits per heavy atom. The summed E-state index contributed by atoms with van der Waals surface area (Å²) in [6, 6.07) is 0. The van der Waals surface area contributed by atoms with Crippen molar-refractivity contribution in [1.29, 1.82) is 0 Å². The number of rotatable bonds is 9. The Morgan fingerprint density at radius 3 is 1.38 bits per heavy atom. The third-order valence-corrected chi connectivity index (χ3v) is 3.81. The van der Waals surface area contributed by atoms with Gasteiger partial charge in [-0.05, 0) is 40.5 Å². The molecule has 0 spiro atoms. The Balaban J connectivity index is 0.000000240. The van der Waals surface area contributed by atoms with Gasteiger partial charge < -0.3 is 24.4 Å². The first-order valence-electron chi connectivity index (χ1n) is 7.98. The second-order valence-corrected chi connectivity index (χ2v) is 6.81. The van der Waals surface area contributed by atoms with E-state index in [9.17, 15) is 0 Å². The van der Waals surface area contributed by atoms with Crippen molar-refractivity contribution in [2.75, 3.05) is 26.4 Å². The van der Waals surface area contributed by atoms with Crippen LogP contribution in [0.1, 0.15) is 53.4 Å². The third kappa shape index (κ3) is 7.56. The first-order chi connectivity index (χ1) is 9.83. The second kappa shape index (κ2) is 8.44. The summed E-state index contributed by atoms with van der Waals surface area (Å²) in [5.41, 5.74) is -0.370. The van der Waals surface area contributed by atoms with Gasteiger partial charge in [-0.2, -0.15) is 0 Å². The van der Waals surface area contributed by atoms with E-state index in [-0.39, 0.29) is 36.6 Å². The molecule has 2 aliphatic heterocycles. The molecule has 2 rings (SSSR count). The number of hydrogen-bond donors (Lipinski definition) is 2. The minimum Gasteiger partial charge on any atom is -0.396 e. The summed E-state index contributed by atoms with van der Waals surface area (Å²) >= 11 is 0. The third-order valence-electron chi connectivity index (χ3n) is 3.81. The molecule has 0 aromatic carbocycles. The van der Waals surface area contributed by atoms with E-state index < -0.39 is 0 Å². The van der Waals surface area contributed by atoms with Crippen molar-refractivity contribution < 1.29 is 24.4 Å². The minimum absolute atomic E-state index is 0.185. The fourth-order valence-electron chi connectivity index (χ4n) is 2.29. The van der Waals surface area contributed by atoms with Crippen LogP contribution >= 0.6 is 0 Å². The van der Waals surface area contributed by atoms with Gasteiger partial charge in [-0.1, -0.05) is 12.8 Å². The Hall–Kier alpha value is -0.200. The molecule has 5 heteroatoms. The summed E-state index contributed by atoms with van der Waals surface area (Å²) in [4.78, 5) is 0. The van der Waals surface area contributed by atoms with Crippen LogP contribution in [0.15, 0.2) is 0 Å². The molecule has 2 aliphatic rings. The predicted octanol–water partition coefficient (Wildman–Crippen LogP) is 1.89. The Kier molecular flexibility index (Phi) is 7.57. The van der Waals surface area contributed by atoms with Crippen molar-refractivity contribution >= 4 is 0 Å². The van der Waals surface area contributed by atoms with Crippen molar-refractivity contribution in [3.05, 3.63) is 0 Å². The molecule has 2 fully saturated rings. The van der Waals surface area contributed by atoms with Gasteiger partial charge in [0.2, 0.25) is 0 Å². The first kappa shape index (κ1) is 18.8. The van der Waals surface area contributed by atoms with Crippen LogP contribution in [0.25, 0.3) is 0 Å². The van der Waals surface area contributed by atoms with Crippen molar-refractivity contribution in [2.45, 2.75) is 76.8 Å². The topological polar surface area (TPSA) is 74.8 Å². The summed E-state index contributed by atoms with van der Waals surface area (Å²) in [6.45, 7) is 10.5. The highest BCUT2D eigenvalue weighted by Gasteiger charge is 2.49. The van der Waals surface area contributed by atoms with Crippen LogP contribution in [0.2, 0.25) is 0 Å². The normalized spacial score (nSPS) is 24.3. The fourth-order valence-corrected chi connectivity index (χ4v) is 2.29. The molecule has 0 radical (unpaired) electrons. The zero-order chi connectivity index (χ0) is 15.9. The van der Waals surface area contributed by atoms with Crippen molar-refractivity contribution in [3.8, 4) is 0 Å². The predicted molar refractivity (Wildman–Crippen MR) is 81.4 cm³/mol. The van der Waals surface area contributed by atoms with E-state index in [1.165, 1.54) is 0 Å². The van der Waals surface area contributed by atoms with E-state index in [0.717, 1.165) is 38.9 Å². The average Bonchev–Trinajstić information content (AvgIpc) is 3.26. The van der Waals surface area contributed by atoms with E-state index in [0.29, 0.717) is 0 Å². The van der Waals surface area contributed by atoms with E-state index in [4.69, 9.17) is 24.4 Å². The van der Waals surface area contributed by atoms with E-state index in [1.54, 1.807) is 0 Å². The smallest absolute Gasteiger partial charge is 0.109 e. The highest BCUT2D eigenvalue weighted by Crippen LogP contribution is 2.36. The number of hydrogen-bond acceptors (Lipinski definition) is 5. The molecule has 21 heavy (non-hydrogen) atoms. The molecule has 0 amide bonds. The molecule has 2 saturated heterocycles. The monoisotopic (exact) mass is 304 g/mol. The second-order valence-electron chi connectivity index (χ2n) is 6.81. The lowest BCUT2D eigenvalue weighted by Crippen LogP contribution is -2.44. The summed E-state index contributed by atoms with van der Waals surface area (Å²) in [5, 5.41) is 16.6. The van der Waals surface area contributed by atoms with Crippen molar-refractivity contribution in [3.63, 3.8) is 0 Å². The molecule has 0 bridgehead atoms. The van der Waals surface area contributed by atoms with Gasteiger partial charge in [0.1, 0.15) is 12.2 Å². The zero-order valence-corrected chi connectivity index (χ0v) is 13.9. The van der Waals surface area contributed by atoms with Crippen molar-refractivity contribution in [2.24, 2.45) is 0 Å². The van der Waals surface area contributed by atoms with Gasteiger partial charge in [0.15, 0.2) is 0 Å². The van der Waals surface area contributed by atoms with Gasteiger partial charge in [-0.3, -0.25) is 0 Å². The highest BCUT2D eigenvalue weighted by molar-refractivity contribution is 4.95. The van der Waals surface area contributed by atoms with Gasteiger partial charge >= 0.3 is 0 Å². The van der Waals surface area contributed by atoms with E-state index in [1.807, 2.05) is 0 Å². The summed E-state index contributed by atoms with van der Waals surface area (Å²) in [7, 11) is 0. The molecule has 2 N–H and O–H groups in total. The van der Waals surface area contributed by atoms with Crippen LogP contribution in [-0.2, 0) is 14.2 Å². The Bertz CT molecular complexity index is 254. The maximum Gasteiger partial charge on any atom is 0.109 e. The van der Waals surface area contributed by atoms with Crippen LogP contribution in [0, 0.1) is 0 Å². The SMILES string of the molecule is CC(C)(OC(C)(C)C1CO1)C1CO1.OCCCCCCO. The number of aliphatic hydroxyl groups excluding tert-OH is 2. The molecule has 0 aromatic heterocycles. The van der Waals surface area contributed by atoms with Crippen LogP contribution in [0.4, 0.5) is 0 Å². The molecule has 0 saturated carbocycles. The minimum atomic E-state index is -0.185. The molecule has 2 heterocycles. The molecule has 2 atom stereocenters. The molecule has 0 aliphatic carbocycles. The standard InChI is InChI=1S/C10H18O3.C6H14O2/c1-9(2,7-5-11-7)13-10(3,4)8-6-12-8;7-5-3-1-2-4-6-8/h7-8H,5-6H2,1-4H3;7-8H,1-6H2. The highest BCUT2D eigenvalue weighted by atomic mass is 16.6. The number of epoxide rings is 2. The summed E-state index contributed by atoms with van der Waals surface area (Å²) < 4.78 is 16.5. The molecular weight excluding hydrogens is 272 g/mol. The van der Waals surface area contributed by atoms with Crippen LogP contribution in [-0.4, -0.2) is 60.1 Å². The zero-order valence-electron chi connectivity index (χ0n) is 13.9. The lowest BCUT2D eigenvalue weighted by Gasteiger charge is -2.34. The Morgan fingerprint density at radius 2 is 1.14 bits per heavy atom. The van der Waals surface area contributed by atoms with Gasteiger partial charge in [-0.15, -0.1) is 0 Å². The van der Waals surface area contributed by atoms with Gasteiger partial charge in [0, 0.05) is 13.2 Å². The Labute approximate surface area is 128 Å². The van der Waals surface area contributed by atoms with E-state index >= 15 is 0 Å². The summed E-state index contributed by atoms with van der Waals surface area (Å²) in [6.07, 6.45) is 4.37. The largest absolute Gasteiger partial charge is 0.396 e. The fraction of sp³-hybridized carbons (Fsp3) is 1.00. The van der Waals surface area contributed by atoms with Gasteiger partial charge in [-0.25, -0.2) is 0 Å². The average molecular weight is 304 g/mol. The van der Waals surface area contributed by atoms with Crippen LogP contribution in [0.5, 0.6) is 0 Å². The van der Waals surface area contributed by atoms with Gasteiger partial charge in [0.25, 0.3) is 0 Å². The lowest BCUT2D eigenvalue weighted by atomic mass is 10.0. The number of ether oxygens (including phenoxy) is 3. The summed E-state index contributed by atoms with van der Waals surface area (Å²) in [5.74, 6) is 0. The van der Waals surface area contributed by atoms with Crippen molar-refractivity contribution in [1.82, 2.24) is 0 Å². The molecule has 126 valence electrons. The maximum atomic E-state index is 8.30. The molecule has 5 nitrogen and oxygen atoms in total. The quantitative estimate of drug-likeness (QED) is 0.502. The molecule has 2 unspecified atom stereocenters. The molecule has 0 aromatic rings. The first-order valence-corrected chi connectivity index (χ1v) is 7.98. The van der Waals surface area contributed by atoms with Gasteiger partial charge in [0.05, 0.1) is 24.4 Å². The number of unbranched alkanes of at least 4 members (excludes halogenated alkanes) is 3. The van der Waals surface area contributed by atoms with E-state index in [2.05, 4.69) is 27.7 Å².